The van der Waals surface area contributed by atoms with Crippen molar-refractivity contribution >= 4 is 11.8 Å². The van der Waals surface area contributed by atoms with Crippen molar-refractivity contribution in [3.05, 3.63) is 71.5 Å². The molecular formula is C14H11FN2O2. The van der Waals surface area contributed by atoms with Gasteiger partial charge in [-0.2, -0.15) is 0 Å². The first kappa shape index (κ1) is 12.9. The fraction of sp³-hybridized carbons (Fsp3) is 0. The minimum Gasteiger partial charge on any atom is -0.267 e. The second-order valence-corrected chi connectivity index (χ2v) is 3.85. The summed E-state index contributed by atoms with van der Waals surface area (Å²) < 4.78 is 12.8. The molecule has 0 aromatic heterocycles. The summed E-state index contributed by atoms with van der Waals surface area (Å²) in [5.74, 6) is 3.74. The first-order chi connectivity index (χ1) is 9.09. The maximum absolute atomic E-state index is 12.8. The Kier molecular flexibility index (Phi) is 3.68. The number of amides is 2. The number of nitrogens with zero attached hydrogens (tertiary/aromatic N) is 1. The molecule has 0 radical (unpaired) electrons. The molecule has 0 bridgehead atoms. The molecule has 0 spiro atoms. The SMILES string of the molecule is NN(C(=O)c1ccccc1)C(=O)c1ccc(F)cc1. The standard InChI is InChI=1S/C14H11FN2O2/c15-12-8-6-11(7-9-12)14(19)17(16)13(18)10-4-2-1-3-5-10/h1-9H,16H2. The molecule has 96 valence electrons. The molecule has 2 aromatic rings. The lowest BCUT2D eigenvalue weighted by molar-refractivity contribution is 0.0615. The van der Waals surface area contributed by atoms with Crippen molar-refractivity contribution in [1.29, 1.82) is 0 Å². The summed E-state index contributed by atoms with van der Waals surface area (Å²) in [5, 5.41) is 0.516. The monoisotopic (exact) mass is 258 g/mol. The molecule has 0 aliphatic carbocycles. The topological polar surface area (TPSA) is 63.4 Å². The van der Waals surface area contributed by atoms with Crippen LogP contribution in [0.15, 0.2) is 54.6 Å². The molecule has 0 heterocycles. The molecule has 2 rings (SSSR count). The first-order valence-corrected chi connectivity index (χ1v) is 5.53. The normalized spacial score (nSPS) is 10.0. The van der Waals surface area contributed by atoms with Crippen LogP contribution in [0.3, 0.4) is 0 Å². The maximum atomic E-state index is 12.8. The third-order valence-electron chi connectivity index (χ3n) is 2.55. The Morgan fingerprint density at radius 3 is 1.84 bits per heavy atom. The largest absolute Gasteiger partial charge is 0.275 e. The third-order valence-corrected chi connectivity index (χ3v) is 2.55. The Bertz CT molecular complexity index is 597. The van der Waals surface area contributed by atoms with E-state index in [0.717, 1.165) is 12.1 Å². The van der Waals surface area contributed by atoms with Crippen LogP contribution in [-0.4, -0.2) is 16.8 Å². The van der Waals surface area contributed by atoms with E-state index in [9.17, 15) is 14.0 Å². The quantitative estimate of drug-likeness (QED) is 0.388. The van der Waals surface area contributed by atoms with Gasteiger partial charge in [0, 0.05) is 11.1 Å². The molecule has 0 aliphatic rings. The summed E-state index contributed by atoms with van der Waals surface area (Å²) in [6.45, 7) is 0. The average Bonchev–Trinajstić information content (AvgIpc) is 2.46. The van der Waals surface area contributed by atoms with E-state index in [4.69, 9.17) is 5.84 Å². The number of benzene rings is 2. The number of hydrazine groups is 1. The highest BCUT2D eigenvalue weighted by Gasteiger charge is 2.20. The number of carbonyl (C=O) groups is 2. The second-order valence-electron chi connectivity index (χ2n) is 3.85. The molecule has 2 amide bonds. The number of hydrogen-bond donors (Lipinski definition) is 1. The molecule has 0 aliphatic heterocycles. The van der Waals surface area contributed by atoms with Crippen molar-refractivity contribution in [2.24, 2.45) is 5.84 Å². The van der Waals surface area contributed by atoms with E-state index in [1.807, 2.05) is 0 Å². The summed E-state index contributed by atoms with van der Waals surface area (Å²) >= 11 is 0. The first-order valence-electron chi connectivity index (χ1n) is 5.53. The van der Waals surface area contributed by atoms with Gasteiger partial charge in [0.15, 0.2) is 0 Å². The van der Waals surface area contributed by atoms with Gasteiger partial charge in [-0.05, 0) is 36.4 Å². The maximum Gasteiger partial charge on any atom is 0.275 e. The summed E-state index contributed by atoms with van der Waals surface area (Å²) in [5.41, 5.74) is 0.452. The molecule has 0 saturated carbocycles. The summed E-state index contributed by atoms with van der Waals surface area (Å²) in [6, 6.07) is 13.0. The van der Waals surface area contributed by atoms with Gasteiger partial charge in [0.2, 0.25) is 0 Å². The van der Waals surface area contributed by atoms with Gasteiger partial charge in [-0.25, -0.2) is 15.2 Å². The van der Waals surface area contributed by atoms with Crippen LogP contribution in [0.2, 0.25) is 0 Å². The number of hydrogen-bond acceptors (Lipinski definition) is 3. The predicted octanol–water partition coefficient (Wildman–Crippen LogP) is 1.98. The molecular weight excluding hydrogens is 247 g/mol. The van der Waals surface area contributed by atoms with Crippen LogP contribution in [0.4, 0.5) is 4.39 Å². The Morgan fingerprint density at radius 1 is 0.842 bits per heavy atom. The minimum absolute atomic E-state index is 0.146. The summed E-state index contributed by atoms with van der Waals surface area (Å²) in [7, 11) is 0. The van der Waals surface area contributed by atoms with E-state index in [2.05, 4.69) is 0 Å². The van der Waals surface area contributed by atoms with Crippen molar-refractivity contribution < 1.29 is 14.0 Å². The Labute approximate surface area is 109 Å². The van der Waals surface area contributed by atoms with Gasteiger partial charge in [0.05, 0.1) is 0 Å². The van der Waals surface area contributed by atoms with Gasteiger partial charge in [0.25, 0.3) is 11.8 Å². The fourth-order valence-electron chi connectivity index (χ4n) is 1.54. The lowest BCUT2D eigenvalue weighted by Crippen LogP contribution is -2.42. The third kappa shape index (κ3) is 2.83. The van der Waals surface area contributed by atoms with E-state index in [0.29, 0.717) is 10.6 Å². The molecule has 0 fully saturated rings. The average molecular weight is 258 g/mol. The fourth-order valence-corrected chi connectivity index (χ4v) is 1.54. The summed E-state index contributed by atoms with van der Waals surface area (Å²) in [6.07, 6.45) is 0. The molecule has 5 heteroatoms. The highest BCUT2D eigenvalue weighted by Crippen LogP contribution is 2.08. The van der Waals surface area contributed by atoms with Crippen molar-refractivity contribution in [3.8, 4) is 0 Å². The number of halogens is 1. The Balaban J connectivity index is 2.20. The van der Waals surface area contributed by atoms with Gasteiger partial charge >= 0.3 is 0 Å². The van der Waals surface area contributed by atoms with Crippen molar-refractivity contribution in [2.45, 2.75) is 0 Å². The van der Waals surface area contributed by atoms with E-state index < -0.39 is 17.6 Å². The number of carbonyl (C=O) groups excluding carboxylic acids is 2. The Morgan fingerprint density at radius 2 is 1.32 bits per heavy atom. The van der Waals surface area contributed by atoms with Crippen LogP contribution < -0.4 is 5.84 Å². The number of nitrogens with two attached hydrogens (primary N) is 1. The molecule has 19 heavy (non-hydrogen) atoms. The van der Waals surface area contributed by atoms with E-state index in [1.54, 1.807) is 30.3 Å². The van der Waals surface area contributed by atoms with Gasteiger partial charge in [-0.15, -0.1) is 0 Å². The molecule has 2 aromatic carbocycles. The molecule has 2 N–H and O–H groups in total. The van der Waals surface area contributed by atoms with E-state index >= 15 is 0 Å². The Hall–Kier alpha value is -2.53. The highest BCUT2D eigenvalue weighted by molar-refractivity contribution is 6.09. The van der Waals surface area contributed by atoms with Crippen molar-refractivity contribution in [1.82, 2.24) is 5.01 Å². The lowest BCUT2D eigenvalue weighted by atomic mass is 10.1. The zero-order valence-electron chi connectivity index (χ0n) is 9.92. The van der Waals surface area contributed by atoms with Crippen LogP contribution in [0.25, 0.3) is 0 Å². The molecule has 0 unspecified atom stereocenters. The van der Waals surface area contributed by atoms with Gasteiger partial charge in [-0.3, -0.25) is 9.59 Å². The lowest BCUT2D eigenvalue weighted by Gasteiger charge is -2.14. The number of imide groups is 1. The molecule has 0 saturated heterocycles. The zero-order valence-corrected chi connectivity index (χ0v) is 9.92. The smallest absolute Gasteiger partial charge is 0.267 e. The van der Waals surface area contributed by atoms with Crippen LogP contribution in [-0.2, 0) is 0 Å². The summed E-state index contributed by atoms with van der Waals surface area (Å²) in [4.78, 5) is 23.9. The van der Waals surface area contributed by atoms with E-state index in [1.165, 1.54) is 12.1 Å². The van der Waals surface area contributed by atoms with Gasteiger partial charge < -0.3 is 0 Å². The van der Waals surface area contributed by atoms with Crippen molar-refractivity contribution in [3.63, 3.8) is 0 Å². The predicted molar refractivity (Wildman–Crippen MR) is 67.5 cm³/mol. The second kappa shape index (κ2) is 5.41. The van der Waals surface area contributed by atoms with Gasteiger partial charge in [-0.1, -0.05) is 18.2 Å². The van der Waals surface area contributed by atoms with E-state index in [-0.39, 0.29) is 5.56 Å². The van der Waals surface area contributed by atoms with Gasteiger partial charge in [0.1, 0.15) is 5.82 Å². The number of rotatable bonds is 2. The molecule has 4 nitrogen and oxygen atoms in total. The van der Waals surface area contributed by atoms with Crippen LogP contribution in [0, 0.1) is 5.82 Å². The van der Waals surface area contributed by atoms with Crippen molar-refractivity contribution in [2.75, 3.05) is 0 Å². The minimum atomic E-state index is -0.686. The van der Waals surface area contributed by atoms with Crippen LogP contribution >= 0.6 is 0 Å². The molecule has 0 atom stereocenters. The highest BCUT2D eigenvalue weighted by atomic mass is 19.1. The van der Waals surface area contributed by atoms with Crippen LogP contribution in [0.1, 0.15) is 20.7 Å². The van der Waals surface area contributed by atoms with Crippen LogP contribution in [0.5, 0.6) is 0 Å². The zero-order chi connectivity index (χ0) is 13.8.